The van der Waals surface area contributed by atoms with Crippen LogP contribution in [0.3, 0.4) is 0 Å². The molecule has 0 bridgehead atoms. The van der Waals surface area contributed by atoms with Gasteiger partial charge in [0.1, 0.15) is 0 Å². The van der Waals surface area contributed by atoms with Crippen LogP contribution in [-0.2, 0) is 9.59 Å². The summed E-state index contributed by atoms with van der Waals surface area (Å²) in [6, 6.07) is 0. The number of ketones is 2. The first kappa shape index (κ1) is 5.92. The van der Waals surface area contributed by atoms with E-state index in [4.69, 9.17) is 0 Å². The lowest BCUT2D eigenvalue weighted by atomic mass is 9.48. The van der Waals surface area contributed by atoms with Crippen molar-refractivity contribution in [3.8, 4) is 0 Å². The van der Waals surface area contributed by atoms with E-state index in [0.29, 0.717) is 11.6 Å². The van der Waals surface area contributed by atoms with Crippen LogP contribution in [0, 0.1) is 10.8 Å². The molecular formula is C9H10O2. The first-order chi connectivity index (χ1) is 5.22. The predicted octanol–water partition coefficient (Wildman–Crippen LogP) is 1.09. The van der Waals surface area contributed by atoms with Crippen LogP contribution in [0.4, 0.5) is 0 Å². The monoisotopic (exact) mass is 150 g/mol. The van der Waals surface area contributed by atoms with Crippen LogP contribution < -0.4 is 0 Å². The first-order valence-corrected chi connectivity index (χ1v) is 4.32. The van der Waals surface area contributed by atoms with Gasteiger partial charge >= 0.3 is 0 Å². The summed E-state index contributed by atoms with van der Waals surface area (Å²) in [5, 5.41) is 0. The minimum absolute atomic E-state index is 0.293. The molecule has 0 amide bonds. The molecule has 0 heterocycles. The molecule has 0 saturated heterocycles. The number of rotatable bonds is 0. The number of Topliss-reactive ketones (excluding diaryl/α,β-unsaturated/α-hetero) is 2. The van der Waals surface area contributed by atoms with E-state index in [1.807, 2.05) is 0 Å². The molecular weight excluding hydrogens is 140 g/mol. The highest BCUT2D eigenvalue weighted by atomic mass is 16.2. The Bertz CT molecular complexity index is 249. The Morgan fingerprint density at radius 1 is 0.818 bits per heavy atom. The minimum atomic E-state index is -0.420. The van der Waals surface area contributed by atoms with Crippen LogP contribution in [0.1, 0.15) is 32.1 Å². The van der Waals surface area contributed by atoms with E-state index in [0.717, 1.165) is 32.1 Å². The Balaban J connectivity index is 2.01. The molecule has 0 N–H and O–H groups in total. The summed E-state index contributed by atoms with van der Waals surface area (Å²) in [6.45, 7) is 0. The van der Waals surface area contributed by atoms with Crippen LogP contribution in [0.5, 0.6) is 0 Å². The molecule has 3 saturated carbocycles. The van der Waals surface area contributed by atoms with Crippen molar-refractivity contribution in [2.45, 2.75) is 32.1 Å². The van der Waals surface area contributed by atoms with Gasteiger partial charge in [-0.15, -0.1) is 0 Å². The summed E-state index contributed by atoms with van der Waals surface area (Å²) in [6.07, 6.45) is 4.49. The lowest BCUT2D eigenvalue weighted by Gasteiger charge is -2.50. The maximum Gasteiger partial charge on any atom is 0.159 e. The van der Waals surface area contributed by atoms with Gasteiger partial charge in [0.2, 0.25) is 0 Å². The van der Waals surface area contributed by atoms with Gasteiger partial charge in [-0.2, -0.15) is 0 Å². The van der Waals surface area contributed by atoms with Crippen molar-refractivity contribution in [2.75, 3.05) is 0 Å². The fraction of sp³-hybridized carbons (Fsp3) is 0.778. The Kier molecular flexibility index (Phi) is 0.701. The van der Waals surface area contributed by atoms with Gasteiger partial charge in [-0.25, -0.2) is 0 Å². The molecule has 0 aromatic heterocycles. The van der Waals surface area contributed by atoms with Gasteiger partial charge in [-0.1, -0.05) is 6.42 Å². The minimum Gasteiger partial charge on any atom is -0.297 e. The SMILES string of the molecule is O=C1C2(CCC2)C(=O)C12CC2. The highest BCUT2D eigenvalue weighted by Gasteiger charge is 2.77. The van der Waals surface area contributed by atoms with Gasteiger partial charge in [0.05, 0.1) is 10.8 Å². The molecule has 0 atom stereocenters. The van der Waals surface area contributed by atoms with Crippen molar-refractivity contribution >= 4 is 11.6 Å². The van der Waals surface area contributed by atoms with Crippen molar-refractivity contribution in [3.63, 3.8) is 0 Å². The molecule has 2 spiro atoms. The van der Waals surface area contributed by atoms with Crippen molar-refractivity contribution in [1.29, 1.82) is 0 Å². The van der Waals surface area contributed by atoms with E-state index >= 15 is 0 Å². The van der Waals surface area contributed by atoms with Gasteiger partial charge in [-0.05, 0) is 25.7 Å². The summed E-state index contributed by atoms with van der Waals surface area (Å²) < 4.78 is 0. The van der Waals surface area contributed by atoms with Crippen molar-refractivity contribution < 1.29 is 9.59 Å². The van der Waals surface area contributed by atoms with E-state index in [2.05, 4.69) is 0 Å². The summed E-state index contributed by atoms with van der Waals surface area (Å²) in [5.74, 6) is 0.586. The molecule has 58 valence electrons. The van der Waals surface area contributed by atoms with Crippen LogP contribution >= 0.6 is 0 Å². The fourth-order valence-corrected chi connectivity index (χ4v) is 2.62. The molecule has 2 heteroatoms. The number of carbonyl (C=O) groups excluding carboxylic acids is 2. The average molecular weight is 150 g/mol. The predicted molar refractivity (Wildman–Crippen MR) is 38.0 cm³/mol. The summed E-state index contributed by atoms with van der Waals surface area (Å²) >= 11 is 0. The Labute approximate surface area is 65.0 Å². The second-order valence-corrected chi connectivity index (χ2v) is 4.18. The molecule has 3 fully saturated rings. The van der Waals surface area contributed by atoms with Crippen molar-refractivity contribution in [1.82, 2.24) is 0 Å². The van der Waals surface area contributed by atoms with Crippen LogP contribution in [0.25, 0.3) is 0 Å². The second-order valence-electron chi connectivity index (χ2n) is 4.18. The quantitative estimate of drug-likeness (QED) is 0.484. The highest BCUT2D eigenvalue weighted by molar-refractivity contribution is 6.33. The van der Waals surface area contributed by atoms with Gasteiger partial charge in [-0.3, -0.25) is 9.59 Å². The average Bonchev–Trinajstić information content (AvgIpc) is 2.64. The lowest BCUT2D eigenvalue weighted by Crippen LogP contribution is -2.63. The molecule has 2 nitrogen and oxygen atoms in total. The van der Waals surface area contributed by atoms with Gasteiger partial charge < -0.3 is 0 Å². The summed E-state index contributed by atoms with van der Waals surface area (Å²) in [5.41, 5.74) is -0.822. The Morgan fingerprint density at radius 3 is 1.55 bits per heavy atom. The zero-order valence-corrected chi connectivity index (χ0v) is 6.35. The smallest absolute Gasteiger partial charge is 0.159 e. The lowest BCUT2D eigenvalue weighted by molar-refractivity contribution is -0.170. The largest absolute Gasteiger partial charge is 0.297 e. The third kappa shape index (κ3) is 0.381. The highest BCUT2D eigenvalue weighted by Crippen LogP contribution is 2.68. The zero-order chi connectivity index (χ0) is 7.69. The normalized spacial score (nSPS) is 35.3. The molecule has 11 heavy (non-hydrogen) atoms. The first-order valence-electron chi connectivity index (χ1n) is 4.32. The fourth-order valence-electron chi connectivity index (χ4n) is 2.62. The maximum absolute atomic E-state index is 11.5. The third-order valence-electron chi connectivity index (χ3n) is 3.70. The molecule has 3 aliphatic rings. The molecule has 0 radical (unpaired) electrons. The Morgan fingerprint density at radius 2 is 1.27 bits per heavy atom. The second kappa shape index (κ2) is 1.30. The molecule has 0 aromatic rings. The molecule has 3 aliphatic carbocycles. The molecule has 3 rings (SSSR count). The van der Waals surface area contributed by atoms with Crippen LogP contribution in [0.2, 0.25) is 0 Å². The van der Waals surface area contributed by atoms with Gasteiger partial charge in [0.25, 0.3) is 0 Å². The van der Waals surface area contributed by atoms with E-state index in [-0.39, 0.29) is 0 Å². The topological polar surface area (TPSA) is 34.1 Å². The van der Waals surface area contributed by atoms with Crippen LogP contribution in [-0.4, -0.2) is 11.6 Å². The van der Waals surface area contributed by atoms with Crippen LogP contribution in [0.15, 0.2) is 0 Å². The van der Waals surface area contributed by atoms with Gasteiger partial charge in [0, 0.05) is 0 Å². The van der Waals surface area contributed by atoms with Crippen molar-refractivity contribution in [2.24, 2.45) is 10.8 Å². The van der Waals surface area contributed by atoms with Crippen molar-refractivity contribution in [3.05, 3.63) is 0 Å². The molecule has 0 unspecified atom stereocenters. The standard InChI is InChI=1S/C9H10O2/c10-6-8(2-1-3-8)7(11)9(6)4-5-9/h1-5H2. The van der Waals surface area contributed by atoms with E-state index in [9.17, 15) is 9.59 Å². The Hall–Kier alpha value is -0.660. The van der Waals surface area contributed by atoms with E-state index < -0.39 is 10.8 Å². The zero-order valence-electron chi connectivity index (χ0n) is 6.35. The van der Waals surface area contributed by atoms with E-state index in [1.165, 1.54) is 0 Å². The third-order valence-corrected chi connectivity index (χ3v) is 3.70. The molecule has 0 aromatic carbocycles. The number of carbonyl (C=O) groups is 2. The number of hydrogen-bond donors (Lipinski definition) is 0. The summed E-state index contributed by atoms with van der Waals surface area (Å²) in [7, 11) is 0. The summed E-state index contributed by atoms with van der Waals surface area (Å²) in [4.78, 5) is 23.1. The molecule has 0 aliphatic heterocycles. The van der Waals surface area contributed by atoms with E-state index in [1.54, 1.807) is 0 Å². The number of hydrogen-bond acceptors (Lipinski definition) is 2. The maximum atomic E-state index is 11.5. The van der Waals surface area contributed by atoms with Gasteiger partial charge in [0.15, 0.2) is 11.6 Å².